The van der Waals surface area contributed by atoms with Crippen LogP contribution in [-0.2, 0) is 16.6 Å². The largest absolute Gasteiger partial charge is 0.273 e. The molecule has 2 aromatic rings. The molecule has 5 nitrogen and oxygen atoms in total. The Morgan fingerprint density at radius 3 is 2.50 bits per heavy atom. The highest BCUT2D eigenvalue weighted by molar-refractivity contribution is 7.89. The molecule has 1 aromatic carbocycles. The lowest BCUT2D eigenvalue weighted by Crippen LogP contribution is -2.27. The first kappa shape index (κ1) is 15.0. The maximum atomic E-state index is 12.2. The topological polar surface area (TPSA) is 64.0 Å². The van der Waals surface area contributed by atoms with Crippen LogP contribution >= 0.6 is 11.6 Å². The zero-order chi connectivity index (χ0) is 14.8. The molecule has 1 aromatic heterocycles. The molecule has 108 valence electrons. The van der Waals surface area contributed by atoms with Gasteiger partial charge in [-0.2, -0.15) is 5.10 Å². The number of hydrogen-bond donors (Lipinski definition) is 1. The van der Waals surface area contributed by atoms with Crippen molar-refractivity contribution in [1.82, 2.24) is 14.5 Å². The number of aromatic nitrogens is 2. The monoisotopic (exact) mass is 313 g/mol. The van der Waals surface area contributed by atoms with Crippen LogP contribution in [0.25, 0.3) is 0 Å². The molecule has 1 unspecified atom stereocenters. The second kappa shape index (κ2) is 5.95. The smallest absolute Gasteiger partial charge is 0.241 e. The van der Waals surface area contributed by atoms with Crippen LogP contribution in [0.3, 0.4) is 0 Å². The predicted molar refractivity (Wildman–Crippen MR) is 78.1 cm³/mol. The zero-order valence-electron chi connectivity index (χ0n) is 11.2. The van der Waals surface area contributed by atoms with E-state index in [2.05, 4.69) is 9.82 Å². The van der Waals surface area contributed by atoms with Gasteiger partial charge in [-0.1, -0.05) is 11.6 Å². The second-order valence-electron chi connectivity index (χ2n) is 4.39. The molecular weight excluding hydrogens is 298 g/mol. The molecule has 0 spiro atoms. The minimum atomic E-state index is -3.58. The van der Waals surface area contributed by atoms with E-state index in [-0.39, 0.29) is 4.90 Å². The van der Waals surface area contributed by atoms with Crippen molar-refractivity contribution in [3.05, 3.63) is 47.2 Å². The Kier molecular flexibility index (Phi) is 4.47. The van der Waals surface area contributed by atoms with E-state index in [9.17, 15) is 8.42 Å². The molecule has 1 N–H and O–H groups in total. The van der Waals surface area contributed by atoms with Gasteiger partial charge in [0, 0.05) is 17.8 Å². The quantitative estimate of drug-likeness (QED) is 0.922. The lowest BCUT2D eigenvalue weighted by Gasteiger charge is -2.12. The van der Waals surface area contributed by atoms with Gasteiger partial charge in [-0.3, -0.25) is 4.68 Å². The molecule has 1 atom stereocenters. The van der Waals surface area contributed by atoms with Crippen molar-refractivity contribution in [3.8, 4) is 0 Å². The van der Waals surface area contributed by atoms with Crippen molar-refractivity contribution < 1.29 is 8.42 Å². The average Bonchev–Trinajstić information content (AvgIpc) is 2.87. The maximum Gasteiger partial charge on any atom is 0.241 e. The average molecular weight is 314 g/mol. The van der Waals surface area contributed by atoms with Gasteiger partial charge in [0.2, 0.25) is 10.0 Å². The SMILES string of the molecule is CCn1ccc(C(C)NS(=O)(=O)c2ccc(Cl)cc2)n1. The fraction of sp³-hybridized carbons (Fsp3) is 0.308. The molecule has 0 fully saturated rings. The summed E-state index contributed by atoms with van der Waals surface area (Å²) in [6, 6.07) is 7.45. The molecule has 2 rings (SSSR count). The van der Waals surface area contributed by atoms with Crippen molar-refractivity contribution in [1.29, 1.82) is 0 Å². The molecule has 0 aliphatic carbocycles. The second-order valence-corrected chi connectivity index (χ2v) is 6.54. The van der Waals surface area contributed by atoms with E-state index >= 15 is 0 Å². The van der Waals surface area contributed by atoms with Crippen molar-refractivity contribution in [2.45, 2.75) is 31.3 Å². The predicted octanol–water partition coefficient (Wildman–Crippen LogP) is 2.60. The summed E-state index contributed by atoms with van der Waals surface area (Å²) in [4.78, 5) is 0.184. The molecule has 0 aliphatic heterocycles. The zero-order valence-corrected chi connectivity index (χ0v) is 12.8. The van der Waals surface area contributed by atoms with E-state index in [4.69, 9.17) is 11.6 Å². The molecule has 0 bridgehead atoms. The summed E-state index contributed by atoms with van der Waals surface area (Å²) in [5, 5.41) is 4.79. The molecule has 20 heavy (non-hydrogen) atoms. The summed E-state index contributed by atoms with van der Waals surface area (Å²) in [6.45, 7) is 4.48. The van der Waals surface area contributed by atoms with Gasteiger partial charge in [-0.25, -0.2) is 13.1 Å². The minimum Gasteiger partial charge on any atom is -0.273 e. The third kappa shape index (κ3) is 3.39. The number of rotatable bonds is 5. The lowest BCUT2D eigenvalue weighted by atomic mass is 10.3. The number of sulfonamides is 1. The Morgan fingerprint density at radius 1 is 1.30 bits per heavy atom. The molecule has 7 heteroatoms. The van der Waals surface area contributed by atoms with E-state index in [1.807, 2.05) is 13.1 Å². The Labute approximate surface area is 123 Å². The van der Waals surface area contributed by atoms with Gasteiger partial charge in [0.05, 0.1) is 16.6 Å². The van der Waals surface area contributed by atoms with Gasteiger partial charge in [0.25, 0.3) is 0 Å². The van der Waals surface area contributed by atoms with Gasteiger partial charge in [-0.15, -0.1) is 0 Å². The van der Waals surface area contributed by atoms with Gasteiger partial charge in [0.15, 0.2) is 0 Å². The first-order valence-electron chi connectivity index (χ1n) is 6.23. The summed E-state index contributed by atoms with van der Waals surface area (Å²) >= 11 is 5.75. The van der Waals surface area contributed by atoms with E-state index in [1.54, 1.807) is 29.8 Å². The Balaban J connectivity index is 2.17. The van der Waals surface area contributed by atoms with E-state index in [0.29, 0.717) is 10.7 Å². The fourth-order valence-electron chi connectivity index (χ4n) is 1.76. The van der Waals surface area contributed by atoms with Crippen LogP contribution < -0.4 is 4.72 Å². The normalized spacial score (nSPS) is 13.3. The summed E-state index contributed by atoms with van der Waals surface area (Å²) in [5.74, 6) is 0. The summed E-state index contributed by atoms with van der Waals surface area (Å²) in [5.41, 5.74) is 0.685. The van der Waals surface area contributed by atoms with Crippen LogP contribution in [0.15, 0.2) is 41.4 Å². The van der Waals surface area contributed by atoms with Crippen LogP contribution in [0.5, 0.6) is 0 Å². The summed E-state index contributed by atoms with van der Waals surface area (Å²) in [7, 11) is -3.58. The highest BCUT2D eigenvalue weighted by atomic mass is 35.5. The van der Waals surface area contributed by atoms with E-state index < -0.39 is 16.1 Å². The maximum absolute atomic E-state index is 12.2. The highest BCUT2D eigenvalue weighted by Gasteiger charge is 2.19. The summed E-state index contributed by atoms with van der Waals surface area (Å²) < 4.78 is 28.8. The first-order chi connectivity index (χ1) is 9.42. The van der Waals surface area contributed by atoms with Gasteiger partial charge in [-0.05, 0) is 44.2 Å². The molecule has 0 saturated carbocycles. The molecule has 1 heterocycles. The third-order valence-corrected chi connectivity index (χ3v) is 4.69. The lowest BCUT2D eigenvalue weighted by molar-refractivity contribution is 0.557. The number of hydrogen-bond acceptors (Lipinski definition) is 3. The standard InChI is InChI=1S/C13H16ClN3O2S/c1-3-17-9-8-13(15-17)10(2)16-20(18,19)12-6-4-11(14)5-7-12/h4-10,16H,3H2,1-2H3. The van der Waals surface area contributed by atoms with E-state index in [0.717, 1.165) is 6.54 Å². The number of nitrogens with one attached hydrogen (secondary N) is 1. The fourth-order valence-corrected chi connectivity index (χ4v) is 3.10. The third-order valence-electron chi connectivity index (χ3n) is 2.88. The number of nitrogens with zero attached hydrogens (tertiary/aromatic N) is 2. The van der Waals surface area contributed by atoms with Crippen LogP contribution in [0.1, 0.15) is 25.6 Å². The van der Waals surface area contributed by atoms with Gasteiger partial charge in [0.1, 0.15) is 0 Å². The molecule has 0 amide bonds. The molecule has 0 aliphatic rings. The Hall–Kier alpha value is -1.37. The molecule has 0 saturated heterocycles. The highest BCUT2D eigenvalue weighted by Crippen LogP contribution is 2.17. The van der Waals surface area contributed by atoms with Crippen LogP contribution in [0.4, 0.5) is 0 Å². The van der Waals surface area contributed by atoms with Gasteiger partial charge < -0.3 is 0 Å². The molecule has 0 radical (unpaired) electrons. The van der Waals surface area contributed by atoms with Crippen molar-refractivity contribution in [3.63, 3.8) is 0 Å². The Morgan fingerprint density at radius 2 is 1.95 bits per heavy atom. The van der Waals surface area contributed by atoms with Crippen LogP contribution in [-0.4, -0.2) is 18.2 Å². The van der Waals surface area contributed by atoms with Crippen LogP contribution in [0.2, 0.25) is 5.02 Å². The minimum absolute atomic E-state index is 0.184. The van der Waals surface area contributed by atoms with Crippen molar-refractivity contribution in [2.75, 3.05) is 0 Å². The number of aryl methyl sites for hydroxylation is 1. The molecular formula is C13H16ClN3O2S. The van der Waals surface area contributed by atoms with Crippen LogP contribution in [0, 0.1) is 0 Å². The Bertz CT molecular complexity index is 680. The van der Waals surface area contributed by atoms with Gasteiger partial charge >= 0.3 is 0 Å². The van der Waals surface area contributed by atoms with Crippen molar-refractivity contribution >= 4 is 21.6 Å². The summed E-state index contributed by atoms with van der Waals surface area (Å²) in [6.07, 6.45) is 1.82. The first-order valence-corrected chi connectivity index (χ1v) is 8.09. The van der Waals surface area contributed by atoms with Crippen molar-refractivity contribution in [2.24, 2.45) is 0 Å². The van der Waals surface area contributed by atoms with E-state index in [1.165, 1.54) is 12.1 Å². The number of halogens is 1. The number of benzene rings is 1.